The van der Waals surface area contributed by atoms with Gasteiger partial charge in [-0.2, -0.15) is 16.4 Å². The molecule has 14 heteroatoms. The van der Waals surface area contributed by atoms with Gasteiger partial charge in [0, 0.05) is 22.6 Å². The van der Waals surface area contributed by atoms with E-state index in [0.717, 1.165) is 46.0 Å². The minimum Gasteiger partial charge on any atom is -0.496 e. The van der Waals surface area contributed by atoms with Crippen molar-refractivity contribution in [1.82, 2.24) is 14.7 Å². The lowest BCUT2D eigenvalue weighted by Gasteiger charge is -2.48. The molecule has 1 aliphatic heterocycles. The molecule has 0 fully saturated rings. The number of thiophene rings is 1. The summed E-state index contributed by atoms with van der Waals surface area (Å²) in [5.74, 6) is 1.86. The molecule has 0 bridgehead atoms. The molecular formula is C26H39B6N3O4S. The van der Waals surface area contributed by atoms with Gasteiger partial charge in [0.05, 0.1) is 30.6 Å². The first-order valence-corrected chi connectivity index (χ1v) is 14.9. The number of hydrogen-bond donors (Lipinski definition) is 0. The van der Waals surface area contributed by atoms with Crippen molar-refractivity contribution in [3.05, 3.63) is 45.8 Å². The second kappa shape index (κ2) is 11.1. The normalized spacial score (nSPS) is 13.4. The van der Waals surface area contributed by atoms with Crippen LogP contribution in [0, 0.1) is 5.92 Å². The lowest BCUT2D eigenvalue weighted by Crippen LogP contribution is -2.64. The van der Waals surface area contributed by atoms with Crippen molar-refractivity contribution in [3.8, 4) is 28.4 Å². The van der Waals surface area contributed by atoms with Gasteiger partial charge in [-0.25, -0.2) is 4.68 Å². The summed E-state index contributed by atoms with van der Waals surface area (Å²) in [7, 11) is 14.0. The fourth-order valence-corrected chi connectivity index (χ4v) is 6.12. The number of ether oxygens (including phenoxy) is 3. The first-order chi connectivity index (χ1) is 18.5. The van der Waals surface area contributed by atoms with E-state index in [2.05, 4.69) is 62.7 Å². The molecule has 0 saturated heterocycles. The molecule has 0 radical (unpaired) electrons. The molecule has 0 atom stereocenters. The lowest BCUT2D eigenvalue weighted by molar-refractivity contribution is 0.00704. The zero-order valence-electron chi connectivity index (χ0n) is 26.0. The topological polar surface area (TPSA) is 65.8 Å². The Morgan fingerprint density at radius 1 is 1.20 bits per heavy atom. The van der Waals surface area contributed by atoms with Crippen LogP contribution in [-0.2, 0) is 17.8 Å². The van der Waals surface area contributed by atoms with Gasteiger partial charge in [0.15, 0.2) is 5.69 Å². The quantitative estimate of drug-likeness (QED) is 0.300. The molecule has 0 aliphatic carbocycles. The summed E-state index contributed by atoms with van der Waals surface area (Å²) < 4.78 is 20.1. The van der Waals surface area contributed by atoms with Gasteiger partial charge < -0.3 is 19.1 Å². The van der Waals surface area contributed by atoms with Crippen LogP contribution < -0.4 is 9.47 Å². The molecule has 3 aromatic rings. The van der Waals surface area contributed by atoms with E-state index in [-0.39, 0.29) is 17.8 Å². The number of nitrogens with zero attached hydrogens (tertiary/aromatic N) is 3. The van der Waals surface area contributed by atoms with Gasteiger partial charge in [-0.05, 0) is 59.8 Å². The van der Waals surface area contributed by atoms with E-state index in [0.29, 0.717) is 18.2 Å². The summed E-state index contributed by atoms with van der Waals surface area (Å²) in [6.07, 6.45) is 0.865. The first-order valence-electron chi connectivity index (χ1n) is 14.0. The first kappa shape index (κ1) is 30.5. The second-order valence-electron chi connectivity index (χ2n) is 13.6. The van der Waals surface area contributed by atoms with Gasteiger partial charge in [0.25, 0.3) is 5.91 Å². The minimum atomic E-state index is -0.590. The molecule has 1 amide bonds. The third-order valence-electron chi connectivity index (χ3n) is 6.91. The smallest absolute Gasteiger partial charge is 0.273 e. The van der Waals surface area contributed by atoms with Crippen LogP contribution in [0.4, 0.5) is 0 Å². The van der Waals surface area contributed by atoms with Crippen molar-refractivity contribution in [1.29, 1.82) is 0 Å². The predicted octanol–water partition coefficient (Wildman–Crippen LogP) is -1.04. The van der Waals surface area contributed by atoms with Crippen molar-refractivity contribution in [3.63, 3.8) is 0 Å². The van der Waals surface area contributed by atoms with Crippen molar-refractivity contribution in [2.24, 2.45) is 5.92 Å². The SMILES string of the molecule is BC(B)(B)OCC(C)(C)N(C(=O)c1nn(-c2ccsc2)c2c1COc1cc(OC)c(CC(C)C)cc1-2)C(B)(B)B. The minimum absolute atomic E-state index is 0.136. The molecule has 7 nitrogen and oxygen atoms in total. The number of rotatable bonds is 10. The van der Waals surface area contributed by atoms with Crippen molar-refractivity contribution >= 4 is 64.3 Å². The number of methoxy groups -OCH3 is 1. The summed E-state index contributed by atoms with van der Waals surface area (Å²) in [4.78, 5) is 16.5. The Bertz CT molecular complexity index is 1380. The number of carbonyl (C=O) groups excluding carboxylic acids is 1. The number of fused-ring (bicyclic) bond motifs is 3. The maximum Gasteiger partial charge on any atom is 0.273 e. The summed E-state index contributed by atoms with van der Waals surface area (Å²) in [6.45, 7) is 9.14. The van der Waals surface area contributed by atoms with Crippen molar-refractivity contribution < 1.29 is 19.0 Å². The number of hydrogen-bond acceptors (Lipinski definition) is 6. The molecule has 40 heavy (non-hydrogen) atoms. The number of benzene rings is 1. The molecule has 1 aliphatic rings. The molecule has 206 valence electrons. The van der Waals surface area contributed by atoms with E-state index in [1.54, 1.807) is 18.4 Å². The van der Waals surface area contributed by atoms with Crippen LogP contribution in [0.5, 0.6) is 11.5 Å². The highest BCUT2D eigenvalue weighted by Crippen LogP contribution is 2.44. The zero-order valence-corrected chi connectivity index (χ0v) is 26.8. The molecule has 0 unspecified atom stereocenters. The maximum atomic E-state index is 14.6. The lowest BCUT2D eigenvalue weighted by atomic mass is 9.47. The van der Waals surface area contributed by atoms with Crippen LogP contribution in [-0.4, -0.2) is 97.5 Å². The van der Waals surface area contributed by atoms with E-state index in [1.165, 1.54) is 0 Å². The van der Waals surface area contributed by atoms with Gasteiger partial charge in [-0.1, -0.05) is 13.8 Å². The summed E-state index contributed by atoms with van der Waals surface area (Å²) in [5, 5.41) is 8.28. The molecule has 2 aromatic heterocycles. The Balaban J connectivity index is 1.90. The summed E-state index contributed by atoms with van der Waals surface area (Å²) in [5.41, 5.74) is 4.47. The summed E-state index contributed by atoms with van der Waals surface area (Å²) in [6, 6.07) is 6.15. The standard InChI is InChI=1S/C26H39B6N3O4S/c1-14(2)8-15-9-17-20(10-19(15)37-5)38-11-18-21(33-34(22(17)18)16-6-7-40-12-16)23(36)35(25(27,28)29)24(3,4)13-39-26(30,31)32/h6-7,9-10,12,14H,8,11,13,27-32H2,1-5H3. The van der Waals surface area contributed by atoms with Crippen LogP contribution in [0.25, 0.3) is 16.9 Å². The maximum absolute atomic E-state index is 14.6. The van der Waals surface area contributed by atoms with Gasteiger partial charge >= 0.3 is 0 Å². The molecule has 0 spiro atoms. The molecule has 0 N–H and O–H groups in total. The molecule has 0 saturated carbocycles. The van der Waals surface area contributed by atoms with Crippen LogP contribution in [0.15, 0.2) is 29.0 Å². The molecule has 1 aromatic carbocycles. The van der Waals surface area contributed by atoms with Crippen LogP contribution in [0.2, 0.25) is 0 Å². The molecular weight excluding hydrogens is 515 g/mol. The Morgan fingerprint density at radius 2 is 1.90 bits per heavy atom. The van der Waals surface area contributed by atoms with Crippen molar-refractivity contribution in [2.45, 2.75) is 56.8 Å². The fourth-order valence-electron chi connectivity index (χ4n) is 5.50. The Kier molecular flexibility index (Phi) is 8.45. The third-order valence-corrected chi connectivity index (χ3v) is 7.58. The van der Waals surface area contributed by atoms with Crippen LogP contribution >= 0.6 is 11.3 Å². The summed E-state index contributed by atoms with van der Waals surface area (Å²) >= 11 is 1.60. The third kappa shape index (κ3) is 6.23. The average molecular weight is 555 g/mol. The number of amides is 1. The van der Waals surface area contributed by atoms with E-state index in [4.69, 9.17) is 19.3 Å². The van der Waals surface area contributed by atoms with E-state index < -0.39 is 10.8 Å². The van der Waals surface area contributed by atoms with Crippen molar-refractivity contribution in [2.75, 3.05) is 13.7 Å². The number of aromatic nitrogens is 2. The van der Waals surface area contributed by atoms with E-state index in [9.17, 15) is 4.79 Å². The highest BCUT2D eigenvalue weighted by atomic mass is 32.1. The van der Waals surface area contributed by atoms with E-state index in [1.807, 2.05) is 50.6 Å². The largest absolute Gasteiger partial charge is 0.496 e. The predicted molar refractivity (Wildman–Crippen MR) is 179 cm³/mol. The Labute approximate surface area is 248 Å². The zero-order chi connectivity index (χ0) is 29.6. The second-order valence-corrected chi connectivity index (χ2v) is 14.4. The Morgan fingerprint density at radius 3 is 2.45 bits per heavy atom. The Hall–Kier alpha value is -2.45. The van der Waals surface area contributed by atoms with Gasteiger partial charge in [0.2, 0.25) is 0 Å². The molecule has 3 heterocycles. The van der Waals surface area contributed by atoms with Gasteiger partial charge in [-0.15, -0.1) is 0 Å². The highest BCUT2D eigenvalue weighted by molar-refractivity contribution is 7.08. The van der Waals surface area contributed by atoms with Crippen LogP contribution in [0.1, 0.15) is 49.3 Å². The monoisotopic (exact) mass is 555 g/mol. The number of carbonyl (C=O) groups is 1. The average Bonchev–Trinajstić information content (AvgIpc) is 3.48. The fraction of sp³-hybridized carbons (Fsp3) is 0.462. The van der Waals surface area contributed by atoms with Crippen LogP contribution in [0.3, 0.4) is 0 Å². The molecule has 4 rings (SSSR count). The van der Waals surface area contributed by atoms with Gasteiger partial charge in [-0.3, -0.25) is 4.79 Å². The van der Waals surface area contributed by atoms with Gasteiger partial charge in [0.1, 0.15) is 65.2 Å². The highest BCUT2D eigenvalue weighted by Gasteiger charge is 2.43. The van der Waals surface area contributed by atoms with E-state index >= 15 is 0 Å².